The first-order chi connectivity index (χ1) is 15.7. The molecule has 2 aliphatic heterocycles. The van der Waals surface area contributed by atoms with Crippen LogP contribution >= 0.6 is 0 Å². The number of hydrogen-bond acceptors (Lipinski definition) is 8. The maximum Gasteiger partial charge on any atom is 0.251 e. The highest BCUT2D eigenvalue weighted by Crippen LogP contribution is 2.36. The van der Waals surface area contributed by atoms with E-state index in [0.29, 0.717) is 30.4 Å². The zero-order valence-corrected chi connectivity index (χ0v) is 17.7. The third kappa shape index (κ3) is 3.67. The summed E-state index contributed by atoms with van der Waals surface area (Å²) in [5, 5.41) is 15.3. The van der Waals surface area contributed by atoms with Crippen LogP contribution in [0.5, 0.6) is 11.5 Å². The smallest absolute Gasteiger partial charge is 0.251 e. The van der Waals surface area contributed by atoms with Gasteiger partial charge in [0.2, 0.25) is 0 Å². The third-order valence-corrected chi connectivity index (χ3v) is 5.83. The van der Waals surface area contributed by atoms with Crippen LogP contribution in [0, 0.1) is 0 Å². The molecule has 2 aliphatic rings. The number of carbonyl (C=O) groups excluding carboxylic acids is 1. The van der Waals surface area contributed by atoms with Crippen molar-refractivity contribution in [3.63, 3.8) is 0 Å². The number of carbonyl (C=O) groups is 1. The fourth-order valence-corrected chi connectivity index (χ4v) is 4.18. The van der Waals surface area contributed by atoms with Gasteiger partial charge in [0.25, 0.3) is 5.91 Å². The van der Waals surface area contributed by atoms with Crippen LogP contribution in [0.25, 0.3) is 11.4 Å². The minimum atomic E-state index is -0.287. The van der Waals surface area contributed by atoms with E-state index in [1.54, 1.807) is 43.2 Å². The second-order valence-electron chi connectivity index (χ2n) is 7.65. The van der Waals surface area contributed by atoms with Gasteiger partial charge in [0.15, 0.2) is 5.82 Å². The highest BCUT2D eigenvalue weighted by Gasteiger charge is 2.50. The van der Waals surface area contributed by atoms with Gasteiger partial charge in [-0.1, -0.05) is 12.1 Å². The molecule has 0 unspecified atom stereocenters. The summed E-state index contributed by atoms with van der Waals surface area (Å²) in [4.78, 5) is 12.7. The number of ether oxygens (including phenoxy) is 4. The average Bonchev–Trinajstić information content (AvgIpc) is 3.56. The standard InChI is InChI=1S/C22H23N5O5/c1-29-15-8-6-13(7-9-15)22(28)23-17-11-31-20-18(12-32-19(17)20)27-21(24-25-26-27)14-4-3-5-16(10-14)30-2/h3-10,17-20H,11-12H2,1-2H3,(H,23,28)/t17-,18+,19-,20+/m1/s1. The van der Waals surface area contributed by atoms with Crippen LogP contribution in [0.2, 0.25) is 0 Å². The molecule has 2 fully saturated rings. The predicted molar refractivity (Wildman–Crippen MR) is 113 cm³/mol. The lowest BCUT2D eigenvalue weighted by atomic mass is 10.1. The minimum Gasteiger partial charge on any atom is -0.497 e. The number of hydrogen-bond donors (Lipinski definition) is 1. The summed E-state index contributed by atoms with van der Waals surface area (Å²) < 4.78 is 24.3. The highest BCUT2D eigenvalue weighted by atomic mass is 16.6. The monoisotopic (exact) mass is 437 g/mol. The fraction of sp³-hybridized carbons (Fsp3) is 0.364. The quantitative estimate of drug-likeness (QED) is 0.618. The molecule has 10 heteroatoms. The molecule has 1 amide bonds. The second kappa shape index (κ2) is 8.56. The van der Waals surface area contributed by atoms with E-state index in [4.69, 9.17) is 18.9 Å². The fourth-order valence-electron chi connectivity index (χ4n) is 4.18. The average molecular weight is 437 g/mol. The van der Waals surface area contributed by atoms with Crippen molar-refractivity contribution in [1.82, 2.24) is 25.5 Å². The van der Waals surface area contributed by atoms with Crippen molar-refractivity contribution in [3.8, 4) is 22.9 Å². The van der Waals surface area contributed by atoms with E-state index in [1.165, 1.54) is 0 Å². The van der Waals surface area contributed by atoms with Gasteiger partial charge in [0.1, 0.15) is 29.7 Å². The molecule has 1 aromatic heterocycles. The van der Waals surface area contributed by atoms with E-state index in [0.717, 1.165) is 11.3 Å². The largest absolute Gasteiger partial charge is 0.497 e. The summed E-state index contributed by atoms with van der Waals surface area (Å²) in [7, 11) is 3.20. The van der Waals surface area contributed by atoms with Gasteiger partial charge < -0.3 is 24.3 Å². The topological polar surface area (TPSA) is 110 Å². The van der Waals surface area contributed by atoms with E-state index in [9.17, 15) is 4.79 Å². The maximum absolute atomic E-state index is 12.7. The van der Waals surface area contributed by atoms with Crippen LogP contribution in [0.3, 0.4) is 0 Å². The summed E-state index contributed by atoms with van der Waals surface area (Å²) in [6.45, 7) is 0.733. The number of benzene rings is 2. The maximum atomic E-state index is 12.7. The van der Waals surface area contributed by atoms with Crippen molar-refractivity contribution in [3.05, 3.63) is 54.1 Å². The summed E-state index contributed by atoms with van der Waals surface area (Å²) >= 11 is 0. The lowest BCUT2D eigenvalue weighted by Gasteiger charge is -2.18. The van der Waals surface area contributed by atoms with Crippen LogP contribution in [-0.4, -0.2) is 71.8 Å². The number of amides is 1. The van der Waals surface area contributed by atoms with Crippen molar-refractivity contribution in [1.29, 1.82) is 0 Å². The zero-order chi connectivity index (χ0) is 22.1. The second-order valence-corrected chi connectivity index (χ2v) is 7.65. The lowest BCUT2D eigenvalue weighted by molar-refractivity contribution is 0.0615. The van der Waals surface area contributed by atoms with Crippen LogP contribution in [-0.2, 0) is 9.47 Å². The van der Waals surface area contributed by atoms with Gasteiger partial charge in [-0.25, -0.2) is 4.68 Å². The molecule has 0 spiro atoms. The van der Waals surface area contributed by atoms with Crippen molar-refractivity contribution >= 4 is 5.91 Å². The Kier molecular flexibility index (Phi) is 5.46. The molecule has 2 saturated heterocycles. The molecule has 0 aliphatic carbocycles. The molecule has 4 atom stereocenters. The van der Waals surface area contributed by atoms with Gasteiger partial charge in [-0.05, 0) is 46.8 Å². The van der Waals surface area contributed by atoms with Crippen molar-refractivity contribution in [2.45, 2.75) is 24.3 Å². The Hall–Kier alpha value is -3.50. The van der Waals surface area contributed by atoms with E-state index in [2.05, 4.69) is 20.8 Å². The number of nitrogens with one attached hydrogen (secondary N) is 1. The van der Waals surface area contributed by atoms with E-state index in [1.807, 2.05) is 24.3 Å². The first kappa shape index (κ1) is 20.4. The van der Waals surface area contributed by atoms with E-state index in [-0.39, 0.29) is 30.2 Å². The Morgan fingerprint density at radius 3 is 2.59 bits per heavy atom. The van der Waals surface area contributed by atoms with Crippen LogP contribution in [0.15, 0.2) is 48.5 Å². The number of methoxy groups -OCH3 is 2. The molecule has 166 valence electrons. The van der Waals surface area contributed by atoms with Gasteiger partial charge in [-0.15, -0.1) is 5.10 Å². The molecular formula is C22H23N5O5. The molecule has 0 saturated carbocycles. The molecule has 10 nitrogen and oxygen atoms in total. The first-order valence-electron chi connectivity index (χ1n) is 10.3. The van der Waals surface area contributed by atoms with Gasteiger partial charge in [0.05, 0.1) is 33.5 Å². The van der Waals surface area contributed by atoms with Crippen molar-refractivity contribution in [2.24, 2.45) is 0 Å². The molecule has 3 heterocycles. The molecule has 0 radical (unpaired) electrons. The lowest BCUT2D eigenvalue weighted by Crippen LogP contribution is -2.44. The summed E-state index contributed by atoms with van der Waals surface area (Å²) in [6, 6.07) is 14.0. The van der Waals surface area contributed by atoms with Gasteiger partial charge in [-0.2, -0.15) is 0 Å². The van der Waals surface area contributed by atoms with E-state index >= 15 is 0 Å². The van der Waals surface area contributed by atoms with Gasteiger partial charge in [-0.3, -0.25) is 4.79 Å². The Bertz CT molecular complexity index is 1100. The number of nitrogens with zero attached hydrogens (tertiary/aromatic N) is 4. The Morgan fingerprint density at radius 2 is 1.81 bits per heavy atom. The molecular weight excluding hydrogens is 414 g/mol. The molecule has 5 rings (SSSR count). The van der Waals surface area contributed by atoms with Crippen molar-refractivity contribution in [2.75, 3.05) is 27.4 Å². The molecule has 0 bridgehead atoms. The Balaban J connectivity index is 1.31. The van der Waals surface area contributed by atoms with Crippen LogP contribution in [0.1, 0.15) is 16.4 Å². The Morgan fingerprint density at radius 1 is 1.03 bits per heavy atom. The molecule has 2 aromatic carbocycles. The normalized spacial score (nSPS) is 24.2. The van der Waals surface area contributed by atoms with Gasteiger partial charge >= 0.3 is 0 Å². The van der Waals surface area contributed by atoms with Crippen molar-refractivity contribution < 1.29 is 23.7 Å². The summed E-state index contributed by atoms with van der Waals surface area (Å²) in [5.74, 6) is 1.83. The summed E-state index contributed by atoms with van der Waals surface area (Å²) in [6.07, 6.45) is -0.561. The van der Waals surface area contributed by atoms with Crippen LogP contribution in [0.4, 0.5) is 0 Å². The number of rotatable bonds is 6. The van der Waals surface area contributed by atoms with E-state index < -0.39 is 0 Å². The molecule has 32 heavy (non-hydrogen) atoms. The number of tetrazole rings is 1. The first-order valence-corrected chi connectivity index (χ1v) is 10.3. The zero-order valence-electron chi connectivity index (χ0n) is 17.7. The van der Waals surface area contributed by atoms with Gasteiger partial charge in [0, 0.05) is 11.1 Å². The predicted octanol–water partition coefficient (Wildman–Crippen LogP) is 1.49. The highest BCUT2D eigenvalue weighted by molar-refractivity contribution is 5.94. The SMILES string of the molecule is COc1ccc(C(=O)N[C@@H]2CO[C@@H]3[C@@H]2OC[C@@H]3n2nnnc2-c2cccc(OC)c2)cc1. The summed E-state index contributed by atoms with van der Waals surface area (Å²) in [5.41, 5.74) is 1.38. The Labute approximate surface area is 184 Å². The number of fused-ring (bicyclic) bond motifs is 1. The molecule has 3 aromatic rings. The third-order valence-electron chi connectivity index (χ3n) is 5.83. The minimum absolute atomic E-state index is 0.187. The molecule has 1 N–H and O–H groups in total. The van der Waals surface area contributed by atoms with Crippen LogP contribution < -0.4 is 14.8 Å². The number of aromatic nitrogens is 4.